The zero-order valence-electron chi connectivity index (χ0n) is 17.3. The highest BCUT2D eigenvalue weighted by atomic mass is 79.9. The highest BCUT2D eigenvalue weighted by molar-refractivity contribution is 9.10. The Morgan fingerprint density at radius 2 is 1.94 bits per heavy atom. The largest absolute Gasteiger partial charge is 0.378 e. The van der Waals surface area contributed by atoms with Gasteiger partial charge in [-0.2, -0.15) is 5.26 Å². The lowest BCUT2D eigenvalue weighted by Crippen LogP contribution is -2.42. The predicted molar refractivity (Wildman–Crippen MR) is 126 cm³/mol. The SMILES string of the molecule is N#CC(=Cc1cn(CC(=O)N2CCOCC2)c2ccccc12)C(=O)Nc1cccc(Br)c1. The van der Waals surface area contributed by atoms with E-state index in [0.717, 1.165) is 15.4 Å². The van der Waals surface area contributed by atoms with Gasteiger partial charge < -0.3 is 19.5 Å². The van der Waals surface area contributed by atoms with Crippen molar-refractivity contribution in [1.29, 1.82) is 5.26 Å². The summed E-state index contributed by atoms with van der Waals surface area (Å²) in [4.78, 5) is 27.2. The van der Waals surface area contributed by atoms with Gasteiger partial charge in [0, 0.05) is 45.9 Å². The molecule has 1 aromatic heterocycles. The molecule has 0 bridgehead atoms. The minimum atomic E-state index is -0.494. The van der Waals surface area contributed by atoms with E-state index < -0.39 is 5.91 Å². The molecule has 7 nitrogen and oxygen atoms in total. The van der Waals surface area contributed by atoms with Gasteiger partial charge in [-0.25, -0.2) is 0 Å². The lowest BCUT2D eigenvalue weighted by Gasteiger charge is -2.27. The van der Waals surface area contributed by atoms with Crippen LogP contribution in [0.3, 0.4) is 0 Å². The molecule has 2 amide bonds. The van der Waals surface area contributed by atoms with E-state index in [4.69, 9.17) is 4.74 Å². The van der Waals surface area contributed by atoms with Crippen LogP contribution in [0.2, 0.25) is 0 Å². The molecule has 1 aliphatic heterocycles. The van der Waals surface area contributed by atoms with Crippen molar-refractivity contribution >= 4 is 50.4 Å². The molecule has 0 unspecified atom stereocenters. The van der Waals surface area contributed by atoms with Gasteiger partial charge in [-0.1, -0.05) is 40.2 Å². The minimum Gasteiger partial charge on any atom is -0.378 e. The van der Waals surface area contributed by atoms with Gasteiger partial charge in [0.15, 0.2) is 0 Å². The van der Waals surface area contributed by atoms with Crippen LogP contribution in [0.5, 0.6) is 0 Å². The molecule has 0 spiro atoms. The van der Waals surface area contributed by atoms with E-state index in [-0.39, 0.29) is 18.0 Å². The molecule has 2 aromatic carbocycles. The number of para-hydroxylation sites is 1. The molecule has 4 rings (SSSR count). The number of fused-ring (bicyclic) bond motifs is 1. The normalized spacial score (nSPS) is 14.2. The van der Waals surface area contributed by atoms with Crippen molar-refractivity contribution in [1.82, 2.24) is 9.47 Å². The fourth-order valence-electron chi connectivity index (χ4n) is 3.65. The number of aromatic nitrogens is 1. The van der Waals surface area contributed by atoms with Gasteiger partial charge in [0.05, 0.1) is 13.2 Å². The second-order valence-corrected chi connectivity index (χ2v) is 8.27. The van der Waals surface area contributed by atoms with Crippen molar-refractivity contribution in [2.45, 2.75) is 6.54 Å². The highest BCUT2D eigenvalue weighted by Gasteiger charge is 2.19. The van der Waals surface area contributed by atoms with Crippen LogP contribution >= 0.6 is 15.9 Å². The van der Waals surface area contributed by atoms with Crippen LogP contribution in [0.4, 0.5) is 5.69 Å². The molecule has 2 heterocycles. The van der Waals surface area contributed by atoms with E-state index in [1.165, 1.54) is 0 Å². The number of carbonyl (C=O) groups excluding carboxylic acids is 2. The number of morpholine rings is 1. The van der Waals surface area contributed by atoms with Gasteiger partial charge in [0.1, 0.15) is 18.2 Å². The molecular weight excluding hydrogens is 472 g/mol. The second kappa shape index (κ2) is 9.81. The summed E-state index contributed by atoms with van der Waals surface area (Å²) in [6, 6.07) is 16.8. The number of ether oxygens (including phenoxy) is 1. The summed E-state index contributed by atoms with van der Waals surface area (Å²) in [6.45, 7) is 2.44. The van der Waals surface area contributed by atoms with Gasteiger partial charge >= 0.3 is 0 Å². The zero-order valence-corrected chi connectivity index (χ0v) is 18.8. The molecule has 1 N–H and O–H groups in total. The first kappa shape index (κ1) is 21.8. The third kappa shape index (κ3) is 4.90. The third-order valence-electron chi connectivity index (χ3n) is 5.24. The monoisotopic (exact) mass is 492 g/mol. The van der Waals surface area contributed by atoms with Crippen LogP contribution in [0.1, 0.15) is 5.56 Å². The summed E-state index contributed by atoms with van der Waals surface area (Å²) < 4.78 is 8.01. The number of carbonyl (C=O) groups is 2. The molecule has 3 aromatic rings. The number of hydrogen-bond acceptors (Lipinski definition) is 4. The van der Waals surface area contributed by atoms with Crippen LogP contribution in [0.25, 0.3) is 17.0 Å². The Morgan fingerprint density at radius 1 is 1.16 bits per heavy atom. The van der Waals surface area contributed by atoms with Crippen molar-refractivity contribution in [3.63, 3.8) is 0 Å². The molecule has 32 heavy (non-hydrogen) atoms. The molecule has 8 heteroatoms. The highest BCUT2D eigenvalue weighted by Crippen LogP contribution is 2.24. The molecular formula is C24H21BrN4O3. The molecule has 1 saturated heterocycles. The Balaban J connectivity index is 1.61. The van der Waals surface area contributed by atoms with Crippen LogP contribution in [0, 0.1) is 11.3 Å². The Morgan fingerprint density at radius 3 is 2.69 bits per heavy atom. The molecule has 0 aliphatic carbocycles. The number of nitrogens with zero attached hydrogens (tertiary/aromatic N) is 3. The summed E-state index contributed by atoms with van der Waals surface area (Å²) in [5, 5.41) is 13.2. The first-order valence-corrected chi connectivity index (χ1v) is 11.0. The van der Waals surface area contributed by atoms with E-state index in [9.17, 15) is 14.9 Å². The molecule has 1 fully saturated rings. The number of nitrogens with one attached hydrogen (secondary N) is 1. The first-order chi connectivity index (χ1) is 15.5. The standard InChI is InChI=1S/C24H21BrN4O3/c25-19-4-3-5-20(13-19)27-24(31)17(14-26)12-18-15-29(22-7-2-1-6-21(18)22)16-23(30)28-8-10-32-11-9-28/h1-7,12-13,15H,8-11,16H2,(H,27,31). The molecule has 0 atom stereocenters. The van der Waals surface area contributed by atoms with E-state index in [1.807, 2.05) is 47.2 Å². The second-order valence-electron chi connectivity index (χ2n) is 7.36. The lowest BCUT2D eigenvalue weighted by molar-refractivity contribution is -0.135. The van der Waals surface area contributed by atoms with E-state index in [2.05, 4.69) is 21.2 Å². The van der Waals surface area contributed by atoms with Crippen molar-refractivity contribution in [2.75, 3.05) is 31.6 Å². The summed E-state index contributed by atoms with van der Waals surface area (Å²) in [5.41, 5.74) is 2.14. The molecule has 0 saturated carbocycles. The summed E-state index contributed by atoms with van der Waals surface area (Å²) >= 11 is 3.37. The van der Waals surface area contributed by atoms with E-state index in [1.54, 1.807) is 29.2 Å². The maximum absolute atomic E-state index is 12.8. The van der Waals surface area contributed by atoms with E-state index in [0.29, 0.717) is 37.6 Å². The van der Waals surface area contributed by atoms with Crippen molar-refractivity contribution in [3.8, 4) is 6.07 Å². The lowest BCUT2D eigenvalue weighted by atomic mass is 10.1. The number of nitriles is 1. The Hall–Kier alpha value is -3.41. The van der Waals surface area contributed by atoms with Crippen LogP contribution < -0.4 is 5.32 Å². The predicted octanol–water partition coefficient (Wildman–Crippen LogP) is 3.81. The maximum atomic E-state index is 12.8. The van der Waals surface area contributed by atoms with Crippen LogP contribution in [-0.2, 0) is 20.9 Å². The van der Waals surface area contributed by atoms with Crippen molar-refractivity contribution in [3.05, 3.63) is 70.3 Å². The summed E-state index contributed by atoms with van der Waals surface area (Å²) in [6.07, 6.45) is 3.37. The Kier molecular flexibility index (Phi) is 6.69. The fourth-order valence-corrected chi connectivity index (χ4v) is 4.05. The maximum Gasteiger partial charge on any atom is 0.266 e. The van der Waals surface area contributed by atoms with Crippen molar-refractivity contribution in [2.24, 2.45) is 0 Å². The van der Waals surface area contributed by atoms with Crippen molar-refractivity contribution < 1.29 is 14.3 Å². The zero-order chi connectivity index (χ0) is 22.5. The Bertz CT molecular complexity index is 1240. The van der Waals surface area contributed by atoms with Gasteiger partial charge in [-0.15, -0.1) is 0 Å². The number of halogens is 1. The first-order valence-electron chi connectivity index (χ1n) is 10.2. The smallest absolute Gasteiger partial charge is 0.266 e. The quantitative estimate of drug-likeness (QED) is 0.433. The van der Waals surface area contributed by atoms with Crippen LogP contribution in [-0.4, -0.2) is 47.6 Å². The number of anilines is 1. The Labute approximate surface area is 194 Å². The van der Waals surface area contributed by atoms with Gasteiger partial charge in [0.2, 0.25) is 5.91 Å². The van der Waals surface area contributed by atoms with Gasteiger partial charge in [-0.05, 0) is 30.3 Å². The third-order valence-corrected chi connectivity index (χ3v) is 5.73. The van der Waals surface area contributed by atoms with Gasteiger partial charge in [0.25, 0.3) is 5.91 Å². The minimum absolute atomic E-state index is 0.0116. The fraction of sp³-hybridized carbons (Fsp3) is 0.208. The van der Waals surface area contributed by atoms with E-state index >= 15 is 0 Å². The topological polar surface area (TPSA) is 87.4 Å². The number of hydrogen-bond donors (Lipinski definition) is 1. The molecule has 0 radical (unpaired) electrons. The number of rotatable bonds is 5. The molecule has 162 valence electrons. The summed E-state index contributed by atoms with van der Waals surface area (Å²) in [7, 11) is 0. The summed E-state index contributed by atoms with van der Waals surface area (Å²) in [5.74, 6) is -0.482. The molecule has 1 aliphatic rings. The number of amides is 2. The number of benzene rings is 2. The van der Waals surface area contributed by atoms with Crippen LogP contribution in [0.15, 0.2) is 64.8 Å². The average molecular weight is 493 g/mol. The average Bonchev–Trinajstić information content (AvgIpc) is 3.15. The van der Waals surface area contributed by atoms with Gasteiger partial charge in [-0.3, -0.25) is 9.59 Å².